The maximum Gasteiger partial charge on any atom is 0.493 e. The van der Waals surface area contributed by atoms with Crippen LogP contribution in [0.5, 0.6) is 0 Å². The largest absolute Gasteiger partial charge is 0.493 e. The highest BCUT2D eigenvalue weighted by Crippen LogP contribution is 2.26. The zero-order valence-corrected chi connectivity index (χ0v) is 14.9. The Bertz CT molecular complexity index is 616. The molecule has 0 saturated carbocycles. The molecule has 0 aromatic carbocycles. The molecule has 0 bridgehead atoms. The summed E-state index contributed by atoms with van der Waals surface area (Å²) in [4.78, 5) is 6.50. The lowest BCUT2D eigenvalue weighted by Gasteiger charge is -2.38. The molecule has 0 spiro atoms. The molecular weight excluding hydrogens is 305 g/mol. The monoisotopic (exact) mass is 331 g/mol. The summed E-state index contributed by atoms with van der Waals surface area (Å²) in [7, 11) is -1.26. The van der Waals surface area contributed by atoms with Crippen LogP contribution < -0.4 is 10.4 Å². The molecule has 6 nitrogen and oxygen atoms in total. The fourth-order valence-electron chi connectivity index (χ4n) is 2.54. The van der Waals surface area contributed by atoms with Crippen LogP contribution in [0.2, 0.25) is 0 Å². The lowest BCUT2D eigenvalue weighted by molar-refractivity contribution is -0.0982. The van der Waals surface area contributed by atoms with E-state index >= 15 is 0 Å². The maximum atomic E-state index is 10.3. The van der Waals surface area contributed by atoms with E-state index in [9.17, 15) is 15.4 Å². The molecule has 1 fully saturated rings. The first-order chi connectivity index (χ1) is 11.2. The minimum absolute atomic E-state index is 0.407. The molecule has 0 amide bonds. The molecular formula is C17H26BN3O3. The van der Waals surface area contributed by atoms with Gasteiger partial charge in [0.2, 0.25) is 0 Å². The smallest absolute Gasteiger partial charge is 0.423 e. The van der Waals surface area contributed by atoms with Crippen molar-refractivity contribution in [2.45, 2.75) is 58.2 Å². The van der Waals surface area contributed by atoms with Crippen LogP contribution in [-0.2, 0) is 4.65 Å². The Morgan fingerprint density at radius 3 is 2.42 bits per heavy atom. The van der Waals surface area contributed by atoms with Crippen LogP contribution in [0.1, 0.15) is 52.5 Å². The molecule has 2 N–H and O–H groups in total. The Kier molecular flexibility index (Phi) is 5.54. The van der Waals surface area contributed by atoms with Crippen molar-refractivity contribution < 1.29 is 14.8 Å². The molecule has 0 radical (unpaired) electrons. The van der Waals surface area contributed by atoms with Crippen molar-refractivity contribution in [2.75, 3.05) is 18.0 Å². The van der Waals surface area contributed by atoms with Crippen molar-refractivity contribution >= 4 is 18.4 Å². The third-order valence-corrected chi connectivity index (χ3v) is 4.83. The molecule has 1 saturated heterocycles. The van der Waals surface area contributed by atoms with Crippen LogP contribution in [0.4, 0.5) is 5.82 Å². The topological polar surface area (TPSA) is 89.6 Å². The molecule has 2 rings (SSSR count). The zero-order chi connectivity index (χ0) is 18.0. The van der Waals surface area contributed by atoms with Crippen molar-refractivity contribution in [3.8, 4) is 6.07 Å². The van der Waals surface area contributed by atoms with Gasteiger partial charge in [-0.2, -0.15) is 5.26 Å². The third kappa shape index (κ3) is 4.07. The summed E-state index contributed by atoms with van der Waals surface area (Å²) in [6.45, 7) is 8.45. The number of piperidine rings is 1. The molecule has 0 unspecified atom stereocenters. The lowest BCUT2D eigenvalue weighted by atomic mass is 9.77. The number of rotatable bonds is 5. The number of aromatic nitrogens is 1. The molecule has 7 heteroatoms. The summed E-state index contributed by atoms with van der Waals surface area (Å²) in [5, 5.41) is 29.9. The highest BCUT2D eigenvalue weighted by atomic mass is 16.5. The Morgan fingerprint density at radius 2 is 1.88 bits per heavy atom. The van der Waals surface area contributed by atoms with Gasteiger partial charge in [0.1, 0.15) is 11.9 Å². The Labute approximate surface area is 144 Å². The van der Waals surface area contributed by atoms with Crippen LogP contribution in [0.15, 0.2) is 12.3 Å². The first kappa shape index (κ1) is 18.7. The summed E-state index contributed by atoms with van der Waals surface area (Å²) in [6.07, 6.45) is 4.94. The van der Waals surface area contributed by atoms with Crippen LogP contribution in [0, 0.1) is 11.3 Å². The fraction of sp³-hybridized carbons (Fsp3) is 0.647. The van der Waals surface area contributed by atoms with E-state index in [2.05, 4.69) is 16.0 Å². The normalized spacial score (nSPS) is 16.0. The van der Waals surface area contributed by atoms with E-state index in [0.717, 1.165) is 25.9 Å². The molecule has 1 aromatic heterocycles. The van der Waals surface area contributed by atoms with Gasteiger partial charge in [-0.15, -0.1) is 0 Å². The summed E-state index contributed by atoms with van der Waals surface area (Å²) < 4.78 is 5.62. The van der Waals surface area contributed by atoms with Gasteiger partial charge < -0.3 is 19.7 Å². The molecule has 2 heterocycles. The quantitative estimate of drug-likeness (QED) is 0.788. The van der Waals surface area contributed by atoms with Crippen molar-refractivity contribution in [2.24, 2.45) is 0 Å². The number of anilines is 1. The van der Waals surface area contributed by atoms with Gasteiger partial charge in [-0.05, 0) is 53.0 Å². The first-order valence-corrected chi connectivity index (χ1v) is 8.39. The van der Waals surface area contributed by atoms with Gasteiger partial charge >= 0.3 is 7.12 Å². The standard InChI is InChI=1S/C17H26BN3O3/c1-16(2,22)17(3,4)24-18(23)14-10-13(11-19)15(20-12-14)21-8-6-5-7-9-21/h10,12,22-23H,5-9H2,1-4H3. The number of hydrogen-bond acceptors (Lipinski definition) is 6. The molecule has 0 aliphatic carbocycles. The van der Waals surface area contributed by atoms with Gasteiger partial charge in [-0.3, -0.25) is 0 Å². The molecule has 130 valence electrons. The van der Waals surface area contributed by atoms with Crippen LogP contribution >= 0.6 is 0 Å². The van der Waals surface area contributed by atoms with E-state index in [0.29, 0.717) is 16.8 Å². The van der Waals surface area contributed by atoms with Crippen molar-refractivity contribution in [1.82, 2.24) is 4.98 Å². The summed E-state index contributed by atoms with van der Waals surface area (Å²) in [5.41, 5.74) is -1.26. The van der Waals surface area contributed by atoms with E-state index in [1.165, 1.54) is 12.6 Å². The van der Waals surface area contributed by atoms with E-state index in [-0.39, 0.29) is 0 Å². The second-order valence-corrected chi connectivity index (χ2v) is 7.34. The minimum atomic E-state index is -1.26. The number of nitrogens with zero attached hydrogens (tertiary/aromatic N) is 3. The van der Waals surface area contributed by atoms with Crippen molar-refractivity contribution in [1.29, 1.82) is 5.26 Å². The van der Waals surface area contributed by atoms with Gasteiger partial charge in [0.15, 0.2) is 0 Å². The van der Waals surface area contributed by atoms with Crippen LogP contribution in [0.3, 0.4) is 0 Å². The van der Waals surface area contributed by atoms with E-state index < -0.39 is 18.3 Å². The van der Waals surface area contributed by atoms with Crippen molar-refractivity contribution in [3.05, 3.63) is 17.8 Å². The summed E-state index contributed by atoms with van der Waals surface area (Å²) in [6, 6.07) is 3.77. The minimum Gasteiger partial charge on any atom is -0.423 e. The first-order valence-electron chi connectivity index (χ1n) is 8.39. The molecule has 1 aliphatic rings. The highest BCUT2D eigenvalue weighted by Gasteiger charge is 2.39. The number of aliphatic hydroxyl groups is 1. The van der Waals surface area contributed by atoms with Gasteiger partial charge in [0.05, 0.1) is 16.8 Å². The van der Waals surface area contributed by atoms with Crippen LogP contribution in [0.25, 0.3) is 0 Å². The number of pyridine rings is 1. The van der Waals surface area contributed by atoms with Gasteiger partial charge in [0, 0.05) is 24.7 Å². The average molecular weight is 331 g/mol. The number of hydrogen-bond donors (Lipinski definition) is 2. The predicted molar refractivity (Wildman–Crippen MR) is 94.1 cm³/mol. The predicted octanol–water partition coefficient (Wildman–Crippen LogP) is 1.20. The average Bonchev–Trinajstić information content (AvgIpc) is 2.53. The Hall–Kier alpha value is -1.62. The van der Waals surface area contributed by atoms with E-state index in [4.69, 9.17) is 4.65 Å². The molecule has 1 aromatic rings. The van der Waals surface area contributed by atoms with Gasteiger partial charge in [0.25, 0.3) is 0 Å². The van der Waals surface area contributed by atoms with E-state index in [1.54, 1.807) is 33.8 Å². The Balaban J connectivity index is 2.21. The second-order valence-electron chi connectivity index (χ2n) is 7.34. The second kappa shape index (κ2) is 7.10. The SMILES string of the molecule is CC(C)(O)C(C)(C)OB(O)c1cnc(N2CCCCC2)c(C#N)c1. The molecule has 1 aliphatic heterocycles. The Morgan fingerprint density at radius 1 is 1.25 bits per heavy atom. The molecule has 24 heavy (non-hydrogen) atoms. The highest BCUT2D eigenvalue weighted by molar-refractivity contribution is 6.60. The van der Waals surface area contributed by atoms with Crippen molar-refractivity contribution in [3.63, 3.8) is 0 Å². The zero-order valence-electron chi connectivity index (χ0n) is 14.9. The molecule has 0 atom stereocenters. The summed E-state index contributed by atoms with van der Waals surface area (Å²) >= 11 is 0. The van der Waals surface area contributed by atoms with Crippen LogP contribution in [-0.4, -0.2) is 46.5 Å². The lowest BCUT2D eigenvalue weighted by Crippen LogP contribution is -2.53. The van der Waals surface area contributed by atoms with Gasteiger partial charge in [-0.1, -0.05) is 0 Å². The van der Waals surface area contributed by atoms with E-state index in [1.807, 2.05) is 0 Å². The van der Waals surface area contributed by atoms with Gasteiger partial charge in [-0.25, -0.2) is 4.98 Å². The summed E-state index contributed by atoms with van der Waals surface area (Å²) in [5.74, 6) is 0.662. The third-order valence-electron chi connectivity index (χ3n) is 4.83. The fourth-order valence-corrected chi connectivity index (χ4v) is 2.54. The maximum absolute atomic E-state index is 10.3. The number of nitriles is 1.